The van der Waals surface area contributed by atoms with Crippen LogP contribution < -0.4 is 5.32 Å². The minimum Gasteiger partial charge on any atom is -0.367 e. The Morgan fingerprint density at radius 2 is 1.79 bits per heavy atom. The van der Waals surface area contributed by atoms with Crippen molar-refractivity contribution in [1.82, 2.24) is 9.38 Å². The molecule has 0 spiro atoms. The number of pyridine rings is 1. The first-order valence-electron chi connectivity index (χ1n) is 10.5. The summed E-state index contributed by atoms with van der Waals surface area (Å²) in [6.45, 7) is 1.64. The van der Waals surface area contributed by atoms with Crippen molar-refractivity contribution in [3.8, 4) is 0 Å². The van der Waals surface area contributed by atoms with E-state index >= 15 is 0 Å². The van der Waals surface area contributed by atoms with Gasteiger partial charge in [0.15, 0.2) is 0 Å². The Labute approximate surface area is 167 Å². The smallest absolute Gasteiger partial charge is 0.138 e. The molecular formula is C24H29N3O. The molecule has 0 amide bonds. The number of hydrogen-bond acceptors (Lipinski definition) is 3. The number of rotatable bonds is 7. The summed E-state index contributed by atoms with van der Waals surface area (Å²) in [6, 6.07) is 15.2. The van der Waals surface area contributed by atoms with Crippen LogP contribution in [0.2, 0.25) is 0 Å². The zero-order chi connectivity index (χ0) is 19.3. The van der Waals surface area contributed by atoms with Gasteiger partial charge in [0.05, 0.1) is 5.69 Å². The highest BCUT2D eigenvalue weighted by Crippen LogP contribution is 2.26. The van der Waals surface area contributed by atoms with Crippen molar-refractivity contribution in [1.29, 1.82) is 0 Å². The number of aryl methyl sites for hydroxylation is 2. The van der Waals surface area contributed by atoms with Gasteiger partial charge in [-0.25, -0.2) is 4.98 Å². The molecule has 0 unspecified atom stereocenters. The Bertz CT molecular complexity index is 936. The summed E-state index contributed by atoms with van der Waals surface area (Å²) >= 11 is 0. The van der Waals surface area contributed by atoms with Crippen molar-refractivity contribution in [3.63, 3.8) is 0 Å². The SMILES string of the molecule is CC(=O)Cc1ccc(CCc2nc3ccccn3c2NC2CCCCC2)cc1. The average Bonchev–Trinajstić information content (AvgIpc) is 3.05. The molecule has 4 heteroatoms. The summed E-state index contributed by atoms with van der Waals surface area (Å²) in [7, 11) is 0. The topological polar surface area (TPSA) is 46.4 Å². The number of imidazole rings is 1. The molecule has 1 aromatic carbocycles. The number of carbonyl (C=O) groups excluding carboxylic acids is 1. The van der Waals surface area contributed by atoms with Crippen molar-refractivity contribution in [2.24, 2.45) is 0 Å². The minimum atomic E-state index is 0.205. The van der Waals surface area contributed by atoms with Crippen LogP contribution in [-0.2, 0) is 24.1 Å². The van der Waals surface area contributed by atoms with E-state index in [2.05, 4.69) is 52.3 Å². The fourth-order valence-electron chi connectivity index (χ4n) is 4.19. The molecule has 1 aliphatic carbocycles. The lowest BCUT2D eigenvalue weighted by molar-refractivity contribution is -0.116. The predicted molar refractivity (Wildman–Crippen MR) is 114 cm³/mol. The molecule has 1 saturated carbocycles. The Morgan fingerprint density at radius 3 is 2.54 bits per heavy atom. The van der Waals surface area contributed by atoms with Crippen LogP contribution in [-0.4, -0.2) is 21.2 Å². The number of fused-ring (bicyclic) bond motifs is 1. The Morgan fingerprint density at radius 1 is 1.04 bits per heavy atom. The van der Waals surface area contributed by atoms with E-state index in [0.29, 0.717) is 12.5 Å². The lowest BCUT2D eigenvalue weighted by atomic mass is 9.95. The van der Waals surface area contributed by atoms with Crippen LogP contribution in [0, 0.1) is 0 Å². The number of nitrogens with zero attached hydrogens (tertiary/aromatic N) is 2. The fourth-order valence-corrected chi connectivity index (χ4v) is 4.19. The molecule has 0 aliphatic heterocycles. The van der Waals surface area contributed by atoms with Crippen LogP contribution >= 0.6 is 0 Å². The van der Waals surface area contributed by atoms with Crippen LogP contribution in [0.5, 0.6) is 0 Å². The highest BCUT2D eigenvalue weighted by molar-refractivity contribution is 5.78. The van der Waals surface area contributed by atoms with Crippen molar-refractivity contribution < 1.29 is 4.79 Å². The van der Waals surface area contributed by atoms with Gasteiger partial charge in [-0.1, -0.05) is 49.6 Å². The molecule has 2 aromatic heterocycles. The van der Waals surface area contributed by atoms with Gasteiger partial charge in [0.25, 0.3) is 0 Å². The van der Waals surface area contributed by atoms with Crippen molar-refractivity contribution in [3.05, 3.63) is 65.5 Å². The Kier molecular flexibility index (Phi) is 5.75. The van der Waals surface area contributed by atoms with E-state index in [1.807, 2.05) is 6.07 Å². The molecule has 0 saturated heterocycles. The first kappa shape index (κ1) is 18.7. The quantitative estimate of drug-likeness (QED) is 0.632. The van der Waals surface area contributed by atoms with Crippen molar-refractivity contribution >= 4 is 17.2 Å². The highest BCUT2D eigenvalue weighted by atomic mass is 16.1. The van der Waals surface area contributed by atoms with Gasteiger partial charge in [0.1, 0.15) is 17.2 Å². The van der Waals surface area contributed by atoms with Gasteiger partial charge in [-0.3, -0.25) is 9.20 Å². The maximum Gasteiger partial charge on any atom is 0.138 e. The van der Waals surface area contributed by atoms with Crippen LogP contribution in [0.4, 0.5) is 5.82 Å². The number of hydrogen-bond donors (Lipinski definition) is 1. The van der Waals surface area contributed by atoms with E-state index in [1.165, 1.54) is 37.7 Å². The number of aromatic nitrogens is 2. The second-order valence-electron chi connectivity index (χ2n) is 8.01. The number of anilines is 1. The second-order valence-corrected chi connectivity index (χ2v) is 8.01. The maximum atomic E-state index is 11.3. The molecule has 4 nitrogen and oxygen atoms in total. The fraction of sp³-hybridized carbons (Fsp3) is 0.417. The molecule has 1 aliphatic rings. The van der Waals surface area contributed by atoms with Crippen LogP contribution in [0.15, 0.2) is 48.7 Å². The third-order valence-corrected chi connectivity index (χ3v) is 5.67. The third-order valence-electron chi connectivity index (χ3n) is 5.67. The average molecular weight is 376 g/mol. The molecule has 0 radical (unpaired) electrons. The zero-order valence-corrected chi connectivity index (χ0v) is 16.7. The summed E-state index contributed by atoms with van der Waals surface area (Å²) in [4.78, 5) is 16.2. The van der Waals surface area contributed by atoms with Gasteiger partial charge in [-0.05, 0) is 55.9 Å². The monoisotopic (exact) mass is 375 g/mol. The Hall–Kier alpha value is -2.62. The minimum absolute atomic E-state index is 0.205. The molecule has 0 atom stereocenters. The van der Waals surface area contributed by atoms with E-state index in [9.17, 15) is 4.79 Å². The normalized spacial score (nSPS) is 15.0. The first-order valence-corrected chi connectivity index (χ1v) is 10.5. The van der Waals surface area contributed by atoms with Gasteiger partial charge in [0, 0.05) is 18.7 Å². The third kappa shape index (κ3) is 4.44. The summed E-state index contributed by atoms with van der Waals surface area (Å²) < 4.78 is 2.19. The lowest BCUT2D eigenvalue weighted by Gasteiger charge is -2.24. The van der Waals surface area contributed by atoms with Crippen molar-refractivity contribution in [2.75, 3.05) is 5.32 Å². The molecule has 1 N–H and O–H groups in total. The summed E-state index contributed by atoms with van der Waals surface area (Å²) in [5, 5.41) is 3.80. The van der Waals surface area contributed by atoms with Crippen LogP contribution in [0.3, 0.4) is 0 Å². The largest absolute Gasteiger partial charge is 0.367 e. The summed E-state index contributed by atoms with van der Waals surface area (Å²) in [5.74, 6) is 1.37. The molecule has 4 rings (SSSR count). The zero-order valence-electron chi connectivity index (χ0n) is 16.7. The second kappa shape index (κ2) is 8.59. The number of Topliss-reactive ketones (excluding diaryl/α,β-unsaturated/α-hetero) is 1. The number of nitrogens with one attached hydrogen (secondary N) is 1. The van der Waals surface area contributed by atoms with Crippen LogP contribution in [0.25, 0.3) is 5.65 Å². The molecule has 1 fully saturated rings. The van der Waals surface area contributed by atoms with Gasteiger partial charge in [0.2, 0.25) is 0 Å². The lowest BCUT2D eigenvalue weighted by Crippen LogP contribution is -2.23. The molecule has 3 aromatic rings. The Balaban J connectivity index is 1.51. The summed E-state index contributed by atoms with van der Waals surface area (Å²) in [6.07, 6.45) is 11.0. The van der Waals surface area contributed by atoms with Gasteiger partial charge in [-0.2, -0.15) is 0 Å². The van der Waals surface area contributed by atoms with Gasteiger partial charge >= 0.3 is 0 Å². The highest BCUT2D eigenvalue weighted by Gasteiger charge is 2.18. The molecule has 2 heterocycles. The first-order chi connectivity index (χ1) is 13.7. The summed E-state index contributed by atoms with van der Waals surface area (Å²) in [5.41, 5.74) is 4.52. The van der Waals surface area contributed by atoms with E-state index in [4.69, 9.17) is 4.98 Å². The standard InChI is InChI=1S/C24H29N3O/c1-18(28)17-20-12-10-19(11-13-20)14-15-22-24(25-21-7-3-2-4-8-21)27-16-6-5-9-23(27)26-22/h5-6,9-13,16,21,25H,2-4,7-8,14-15,17H2,1H3. The number of carbonyl (C=O) groups is 1. The predicted octanol–water partition coefficient (Wildman–Crippen LogP) is 5.00. The van der Waals surface area contributed by atoms with E-state index in [-0.39, 0.29) is 5.78 Å². The van der Waals surface area contributed by atoms with E-state index in [1.54, 1.807) is 6.92 Å². The molecule has 0 bridgehead atoms. The van der Waals surface area contributed by atoms with Crippen LogP contribution in [0.1, 0.15) is 55.8 Å². The number of ketones is 1. The molecular weight excluding hydrogens is 346 g/mol. The molecule has 146 valence electrons. The van der Waals surface area contributed by atoms with Crippen molar-refractivity contribution in [2.45, 2.75) is 64.3 Å². The van der Waals surface area contributed by atoms with Gasteiger partial charge in [-0.15, -0.1) is 0 Å². The number of benzene rings is 1. The van der Waals surface area contributed by atoms with E-state index in [0.717, 1.165) is 35.6 Å². The van der Waals surface area contributed by atoms with E-state index < -0.39 is 0 Å². The van der Waals surface area contributed by atoms with Gasteiger partial charge < -0.3 is 5.32 Å². The maximum absolute atomic E-state index is 11.3. The molecule has 28 heavy (non-hydrogen) atoms.